The van der Waals surface area contributed by atoms with E-state index in [0.29, 0.717) is 29.0 Å². The predicted octanol–water partition coefficient (Wildman–Crippen LogP) is 4.29. The molecule has 0 unspecified atom stereocenters. The fourth-order valence-electron chi connectivity index (χ4n) is 3.07. The normalized spacial score (nSPS) is 15.6. The number of hydrogen-bond acceptors (Lipinski definition) is 4. The molecule has 0 amide bonds. The van der Waals surface area contributed by atoms with Crippen molar-refractivity contribution in [1.82, 2.24) is 9.88 Å². The quantitative estimate of drug-likeness (QED) is 0.726. The van der Waals surface area contributed by atoms with E-state index in [1.807, 2.05) is 0 Å². The molecule has 0 saturated carbocycles. The molecule has 1 aliphatic rings. The molecule has 1 fully saturated rings. The number of pyridine rings is 1. The Morgan fingerprint density at radius 3 is 2.75 bits per heavy atom. The summed E-state index contributed by atoms with van der Waals surface area (Å²) in [5.74, 6) is 0.606. The van der Waals surface area contributed by atoms with Crippen LogP contribution in [0.25, 0.3) is 10.9 Å². The Hall–Kier alpha value is -1.59. The molecule has 0 N–H and O–H groups in total. The van der Waals surface area contributed by atoms with E-state index in [4.69, 9.17) is 21.1 Å². The van der Waals surface area contributed by atoms with Crippen molar-refractivity contribution in [3.8, 4) is 11.5 Å². The third-order valence-electron chi connectivity index (χ3n) is 4.37. The SMILES string of the molecule is COc1cc2c(Cl)c(F)cnc2cc1OCCCN1CCCCC1. The van der Waals surface area contributed by atoms with Gasteiger partial charge in [-0.05, 0) is 38.4 Å². The van der Waals surface area contributed by atoms with E-state index in [1.165, 1.54) is 32.4 Å². The van der Waals surface area contributed by atoms with Crippen molar-refractivity contribution in [3.63, 3.8) is 0 Å². The fraction of sp³-hybridized carbons (Fsp3) is 0.500. The number of piperidine rings is 1. The number of aromatic nitrogens is 1. The summed E-state index contributed by atoms with van der Waals surface area (Å²) in [6, 6.07) is 3.42. The van der Waals surface area contributed by atoms with Crippen molar-refractivity contribution < 1.29 is 13.9 Å². The molecule has 0 atom stereocenters. The van der Waals surface area contributed by atoms with Gasteiger partial charge in [-0.25, -0.2) is 4.39 Å². The van der Waals surface area contributed by atoms with Gasteiger partial charge >= 0.3 is 0 Å². The van der Waals surface area contributed by atoms with E-state index >= 15 is 0 Å². The summed E-state index contributed by atoms with van der Waals surface area (Å²) in [7, 11) is 1.56. The molecule has 4 nitrogen and oxygen atoms in total. The highest BCUT2D eigenvalue weighted by atomic mass is 35.5. The van der Waals surface area contributed by atoms with Gasteiger partial charge in [-0.1, -0.05) is 18.0 Å². The van der Waals surface area contributed by atoms with Crippen molar-refractivity contribution in [3.05, 3.63) is 29.2 Å². The van der Waals surface area contributed by atoms with E-state index < -0.39 is 5.82 Å². The van der Waals surface area contributed by atoms with Gasteiger partial charge in [-0.15, -0.1) is 0 Å². The summed E-state index contributed by atoms with van der Waals surface area (Å²) in [6.45, 7) is 4.03. The monoisotopic (exact) mass is 352 g/mol. The van der Waals surface area contributed by atoms with Crippen LogP contribution in [0.4, 0.5) is 4.39 Å². The molecule has 0 bridgehead atoms. The van der Waals surface area contributed by atoms with Gasteiger partial charge in [0.05, 0.1) is 30.5 Å². The van der Waals surface area contributed by atoms with Gasteiger partial charge < -0.3 is 14.4 Å². The number of likely N-dealkylation sites (tertiary alicyclic amines) is 1. The van der Waals surface area contributed by atoms with Gasteiger partial charge in [-0.2, -0.15) is 0 Å². The standard InChI is InChI=1S/C18H22ClFN2O2/c1-23-16-10-13-15(21-12-14(20)18(13)19)11-17(16)24-9-5-8-22-6-3-2-4-7-22/h10-12H,2-9H2,1H3. The number of fused-ring (bicyclic) bond motifs is 1. The van der Waals surface area contributed by atoms with Gasteiger partial charge in [0, 0.05) is 18.0 Å². The Morgan fingerprint density at radius 1 is 1.21 bits per heavy atom. The van der Waals surface area contributed by atoms with Crippen LogP contribution in [-0.2, 0) is 0 Å². The fourth-order valence-corrected chi connectivity index (χ4v) is 3.27. The highest BCUT2D eigenvalue weighted by molar-refractivity contribution is 6.35. The Balaban J connectivity index is 1.66. The maximum atomic E-state index is 13.5. The van der Waals surface area contributed by atoms with Crippen molar-refractivity contribution in [2.24, 2.45) is 0 Å². The lowest BCUT2D eigenvalue weighted by molar-refractivity contribution is 0.203. The van der Waals surface area contributed by atoms with E-state index in [0.717, 1.165) is 19.2 Å². The largest absolute Gasteiger partial charge is 0.493 e. The van der Waals surface area contributed by atoms with Crippen LogP contribution in [0.3, 0.4) is 0 Å². The maximum absolute atomic E-state index is 13.5. The average molecular weight is 353 g/mol. The summed E-state index contributed by atoms with van der Waals surface area (Å²) < 4.78 is 24.8. The second-order valence-electron chi connectivity index (χ2n) is 6.04. The van der Waals surface area contributed by atoms with Crippen LogP contribution in [-0.4, -0.2) is 43.2 Å². The van der Waals surface area contributed by atoms with Crippen LogP contribution in [0.1, 0.15) is 25.7 Å². The van der Waals surface area contributed by atoms with Crippen molar-refractivity contribution >= 4 is 22.5 Å². The highest BCUT2D eigenvalue weighted by Crippen LogP contribution is 2.35. The lowest BCUT2D eigenvalue weighted by Crippen LogP contribution is -2.31. The number of ether oxygens (including phenoxy) is 2. The molecule has 0 radical (unpaired) electrons. The van der Waals surface area contributed by atoms with Gasteiger partial charge in [0.25, 0.3) is 0 Å². The molecule has 1 saturated heterocycles. The maximum Gasteiger partial charge on any atom is 0.163 e. The summed E-state index contributed by atoms with van der Waals surface area (Å²) in [6.07, 6.45) is 6.01. The van der Waals surface area contributed by atoms with E-state index in [9.17, 15) is 4.39 Å². The lowest BCUT2D eigenvalue weighted by Gasteiger charge is -2.26. The van der Waals surface area contributed by atoms with Gasteiger partial charge in [0.1, 0.15) is 0 Å². The Kier molecular flexibility index (Phi) is 5.74. The smallest absolute Gasteiger partial charge is 0.163 e. The van der Waals surface area contributed by atoms with Crippen molar-refractivity contribution in [1.29, 1.82) is 0 Å². The van der Waals surface area contributed by atoms with E-state index in [1.54, 1.807) is 19.2 Å². The third-order valence-corrected chi connectivity index (χ3v) is 4.75. The lowest BCUT2D eigenvalue weighted by atomic mass is 10.1. The minimum absolute atomic E-state index is 0.0509. The molecule has 3 rings (SSSR count). The zero-order chi connectivity index (χ0) is 16.9. The second-order valence-corrected chi connectivity index (χ2v) is 6.42. The average Bonchev–Trinajstić information content (AvgIpc) is 2.62. The van der Waals surface area contributed by atoms with E-state index in [-0.39, 0.29) is 5.02 Å². The summed E-state index contributed by atoms with van der Waals surface area (Å²) in [4.78, 5) is 6.56. The minimum Gasteiger partial charge on any atom is -0.493 e. The molecule has 24 heavy (non-hydrogen) atoms. The van der Waals surface area contributed by atoms with Gasteiger partial charge in [-0.3, -0.25) is 4.98 Å². The molecule has 1 aromatic heterocycles. The molecule has 0 aliphatic carbocycles. The first-order chi connectivity index (χ1) is 11.7. The van der Waals surface area contributed by atoms with Crippen LogP contribution in [0.2, 0.25) is 5.02 Å². The van der Waals surface area contributed by atoms with Crippen LogP contribution in [0, 0.1) is 5.82 Å². The molecular weight excluding hydrogens is 331 g/mol. The second kappa shape index (κ2) is 7.99. The minimum atomic E-state index is -0.540. The molecule has 2 aromatic rings. The molecule has 6 heteroatoms. The number of rotatable bonds is 6. The number of benzene rings is 1. The van der Waals surface area contributed by atoms with E-state index in [2.05, 4.69) is 9.88 Å². The number of hydrogen-bond donors (Lipinski definition) is 0. The predicted molar refractivity (Wildman–Crippen MR) is 93.7 cm³/mol. The van der Waals surface area contributed by atoms with Crippen molar-refractivity contribution in [2.75, 3.05) is 33.4 Å². The van der Waals surface area contributed by atoms with Crippen LogP contribution >= 0.6 is 11.6 Å². The zero-order valence-electron chi connectivity index (χ0n) is 13.9. The Bertz CT molecular complexity index is 705. The summed E-state index contributed by atoms with van der Waals surface area (Å²) >= 11 is 6.00. The topological polar surface area (TPSA) is 34.6 Å². The molecule has 1 aliphatic heterocycles. The third kappa shape index (κ3) is 3.90. The Labute approximate surface area is 146 Å². The number of nitrogens with zero attached hydrogens (tertiary/aromatic N) is 2. The number of methoxy groups -OCH3 is 1. The molecule has 2 heterocycles. The van der Waals surface area contributed by atoms with Gasteiger partial charge in [0.15, 0.2) is 17.3 Å². The molecule has 1 aromatic carbocycles. The van der Waals surface area contributed by atoms with Crippen molar-refractivity contribution in [2.45, 2.75) is 25.7 Å². The van der Waals surface area contributed by atoms with Crippen LogP contribution < -0.4 is 9.47 Å². The van der Waals surface area contributed by atoms with Gasteiger partial charge in [0.2, 0.25) is 0 Å². The number of halogens is 2. The summed E-state index contributed by atoms with van der Waals surface area (Å²) in [5.41, 5.74) is 0.591. The zero-order valence-corrected chi connectivity index (χ0v) is 14.6. The van der Waals surface area contributed by atoms with Crippen LogP contribution in [0.5, 0.6) is 11.5 Å². The molecular formula is C18H22ClFN2O2. The Morgan fingerprint density at radius 2 is 2.00 bits per heavy atom. The summed E-state index contributed by atoms with van der Waals surface area (Å²) in [5, 5.41) is 0.573. The highest BCUT2D eigenvalue weighted by Gasteiger charge is 2.13. The molecule has 130 valence electrons. The first kappa shape index (κ1) is 17.2. The van der Waals surface area contributed by atoms with Crippen LogP contribution in [0.15, 0.2) is 18.3 Å². The molecule has 0 spiro atoms. The first-order valence-electron chi connectivity index (χ1n) is 8.36. The first-order valence-corrected chi connectivity index (χ1v) is 8.73.